The molecule has 0 fully saturated rings. The Bertz CT molecular complexity index is 398. The number of fused-ring (bicyclic) bond motifs is 1. The van der Waals surface area contributed by atoms with Crippen LogP contribution in [0.15, 0.2) is 18.2 Å². The van der Waals surface area contributed by atoms with Crippen LogP contribution in [0.25, 0.3) is 0 Å². The molecule has 1 N–H and O–H groups in total. The fourth-order valence-electron chi connectivity index (χ4n) is 2.53. The normalized spacial score (nSPS) is 15.9. The monoisotopic (exact) mass is 233 g/mol. The van der Waals surface area contributed by atoms with Crippen LogP contribution in [0, 0.1) is 12.3 Å². The van der Waals surface area contributed by atoms with Gasteiger partial charge in [0.25, 0.3) is 0 Å². The summed E-state index contributed by atoms with van der Waals surface area (Å²) in [5, 5.41) is 9.39. The van der Waals surface area contributed by atoms with E-state index in [2.05, 4.69) is 43.9 Å². The maximum absolute atomic E-state index is 9.39. The fraction of sp³-hybridized carbons (Fsp3) is 0.600. The van der Waals surface area contributed by atoms with E-state index in [-0.39, 0.29) is 12.0 Å². The fourth-order valence-corrected chi connectivity index (χ4v) is 2.53. The van der Waals surface area contributed by atoms with Crippen LogP contribution in [0.5, 0.6) is 0 Å². The minimum atomic E-state index is -0.0283. The Labute approximate surface area is 104 Å². The Morgan fingerprint density at radius 3 is 2.82 bits per heavy atom. The number of aliphatic hydroxyl groups excluding tert-OH is 1. The summed E-state index contributed by atoms with van der Waals surface area (Å²) >= 11 is 0. The minimum Gasteiger partial charge on any atom is -0.396 e. The first kappa shape index (κ1) is 12.4. The number of hydrogen-bond donors (Lipinski definition) is 1. The van der Waals surface area contributed by atoms with Crippen molar-refractivity contribution in [1.82, 2.24) is 0 Å². The second kappa shape index (κ2) is 4.69. The van der Waals surface area contributed by atoms with Gasteiger partial charge in [0.05, 0.1) is 0 Å². The second-order valence-corrected chi connectivity index (χ2v) is 5.98. The zero-order chi connectivity index (χ0) is 12.5. The second-order valence-electron chi connectivity index (χ2n) is 5.98. The van der Waals surface area contributed by atoms with Gasteiger partial charge in [0, 0.05) is 30.8 Å². The minimum absolute atomic E-state index is 0.0283. The van der Waals surface area contributed by atoms with Crippen molar-refractivity contribution >= 4 is 5.69 Å². The summed E-state index contributed by atoms with van der Waals surface area (Å²) in [4.78, 5) is 2.43. The van der Waals surface area contributed by atoms with E-state index in [1.807, 2.05) is 0 Å². The molecule has 94 valence electrons. The molecule has 2 heteroatoms. The number of rotatable bonds is 3. The van der Waals surface area contributed by atoms with E-state index >= 15 is 0 Å². The van der Waals surface area contributed by atoms with E-state index in [4.69, 9.17) is 0 Å². The molecule has 17 heavy (non-hydrogen) atoms. The largest absolute Gasteiger partial charge is 0.396 e. The zero-order valence-electron chi connectivity index (χ0n) is 11.2. The Morgan fingerprint density at radius 1 is 1.35 bits per heavy atom. The molecule has 0 bridgehead atoms. The molecule has 0 radical (unpaired) electrons. The van der Waals surface area contributed by atoms with Gasteiger partial charge in [0.1, 0.15) is 0 Å². The summed E-state index contributed by atoms with van der Waals surface area (Å²) in [6.45, 7) is 8.67. The molecule has 0 unspecified atom stereocenters. The first-order valence-corrected chi connectivity index (χ1v) is 6.47. The summed E-state index contributed by atoms with van der Waals surface area (Å²) in [5.74, 6) is 0. The number of aryl methyl sites for hydroxylation is 2. The Balaban J connectivity index is 2.23. The first-order chi connectivity index (χ1) is 8.02. The molecule has 0 saturated heterocycles. The first-order valence-electron chi connectivity index (χ1n) is 6.47. The average Bonchev–Trinajstić information content (AvgIpc) is 2.28. The number of nitrogens with zero attached hydrogens (tertiary/aromatic N) is 1. The molecule has 2 nitrogen and oxygen atoms in total. The molecular formula is C15H23NO. The van der Waals surface area contributed by atoms with Crippen molar-refractivity contribution in [2.24, 2.45) is 5.41 Å². The number of aliphatic hydroxyl groups is 1. The van der Waals surface area contributed by atoms with E-state index in [9.17, 15) is 5.11 Å². The van der Waals surface area contributed by atoms with Gasteiger partial charge in [-0.25, -0.2) is 0 Å². The lowest BCUT2D eigenvalue weighted by atomic mass is 9.91. The number of anilines is 1. The van der Waals surface area contributed by atoms with E-state index in [1.54, 1.807) is 0 Å². The molecular weight excluding hydrogens is 210 g/mol. The van der Waals surface area contributed by atoms with Crippen molar-refractivity contribution in [2.45, 2.75) is 33.6 Å². The van der Waals surface area contributed by atoms with Gasteiger partial charge in [-0.05, 0) is 31.4 Å². The summed E-state index contributed by atoms with van der Waals surface area (Å²) in [6, 6.07) is 6.72. The lowest BCUT2D eigenvalue weighted by Crippen LogP contribution is -2.39. The van der Waals surface area contributed by atoms with Crippen LogP contribution in [0.1, 0.15) is 31.4 Å². The van der Waals surface area contributed by atoms with Crippen LogP contribution in [-0.2, 0) is 6.42 Å². The highest BCUT2D eigenvalue weighted by atomic mass is 16.3. The molecule has 1 heterocycles. The lowest BCUT2D eigenvalue weighted by Gasteiger charge is -2.37. The number of hydrogen-bond acceptors (Lipinski definition) is 2. The molecule has 1 aromatic rings. The predicted molar refractivity (Wildman–Crippen MR) is 72.6 cm³/mol. The van der Waals surface area contributed by atoms with Crippen molar-refractivity contribution in [3.8, 4) is 0 Å². The molecule has 1 aliphatic heterocycles. The van der Waals surface area contributed by atoms with Gasteiger partial charge >= 0.3 is 0 Å². The summed E-state index contributed by atoms with van der Waals surface area (Å²) in [5.41, 5.74) is 4.14. The van der Waals surface area contributed by atoms with Crippen molar-refractivity contribution in [1.29, 1.82) is 0 Å². The highest BCUT2D eigenvalue weighted by Gasteiger charge is 2.24. The molecule has 2 rings (SSSR count). The maximum Gasteiger partial charge on any atom is 0.0499 e. The van der Waals surface area contributed by atoms with Crippen LogP contribution in [0.2, 0.25) is 0 Å². The van der Waals surface area contributed by atoms with Crippen LogP contribution in [-0.4, -0.2) is 24.8 Å². The Hall–Kier alpha value is -1.02. The third kappa shape index (κ3) is 2.81. The smallest absolute Gasteiger partial charge is 0.0499 e. The van der Waals surface area contributed by atoms with E-state index in [0.29, 0.717) is 0 Å². The average molecular weight is 233 g/mol. The topological polar surface area (TPSA) is 23.5 Å². The molecule has 0 aromatic heterocycles. The molecule has 0 aliphatic carbocycles. The van der Waals surface area contributed by atoms with Crippen LogP contribution in [0.4, 0.5) is 5.69 Å². The lowest BCUT2D eigenvalue weighted by molar-refractivity contribution is 0.163. The summed E-state index contributed by atoms with van der Waals surface area (Å²) in [7, 11) is 0. The van der Waals surface area contributed by atoms with Gasteiger partial charge in [0.2, 0.25) is 0 Å². The zero-order valence-corrected chi connectivity index (χ0v) is 11.2. The van der Waals surface area contributed by atoms with Crippen LogP contribution in [0.3, 0.4) is 0 Å². The highest BCUT2D eigenvalue weighted by Crippen LogP contribution is 2.30. The van der Waals surface area contributed by atoms with E-state index in [0.717, 1.165) is 13.1 Å². The van der Waals surface area contributed by atoms with Crippen molar-refractivity contribution in [2.75, 3.05) is 24.6 Å². The van der Waals surface area contributed by atoms with Crippen LogP contribution >= 0.6 is 0 Å². The van der Waals surface area contributed by atoms with Gasteiger partial charge in [0.15, 0.2) is 0 Å². The van der Waals surface area contributed by atoms with E-state index in [1.165, 1.54) is 29.7 Å². The third-order valence-corrected chi connectivity index (χ3v) is 3.50. The van der Waals surface area contributed by atoms with Crippen molar-refractivity contribution in [3.63, 3.8) is 0 Å². The molecule has 0 amide bonds. The van der Waals surface area contributed by atoms with E-state index < -0.39 is 0 Å². The third-order valence-electron chi connectivity index (χ3n) is 3.50. The van der Waals surface area contributed by atoms with Gasteiger partial charge in [-0.1, -0.05) is 31.5 Å². The van der Waals surface area contributed by atoms with Crippen molar-refractivity contribution < 1.29 is 5.11 Å². The summed E-state index contributed by atoms with van der Waals surface area (Å²) < 4.78 is 0. The van der Waals surface area contributed by atoms with Gasteiger partial charge in [-0.3, -0.25) is 0 Å². The predicted octanol–water partition coefficient (Wildman–Crippen LogP) is 2.77. The SMILES string of the molecule is Cc1ccc2c(c1)CCCN2CC(C)(C)CO. The highest BCUT2D eigenvalue weighted by molar-refractivity contribution is 5.56. The van der Waals surface area contributed by atoms with Gasteiger partial charge < -0.3 is 10.0 Å². The van der Waals surface area contributed by atoms with Gasteiger partial charge in [-0.2, -0.15) is 0 Å². The summed E-state index contributed by atoms with van der Waals surface area (Å²) in [6.07, 6.45) is 2.41. The van der Waals surface area contributed by atoms with Crippen LogP contribution < -0.4 is 4.90 Å². The molecule has 0 saturated carbocycles. The molecule has 0 atom stereocenters. The standard InChI is InChI=1S/C15H23NO/c1-12-6-7-14-13(9-12)5-4-8-16(14)10-15(2,3)11-17/h6-7,9,17H,4-5,8,10-11H2,1-3H3. The Kier molecular flexibility index (Phi) is 3.43. The molecule has 1 aromatic carbocycles. The maximum atomic E-state index is 9.39. The van der Waals surface area contributed by atoms with Crippen molar-refractivity contribution in [3.05, 3.63) is 29.3 Å². The Morgan fingerprint density at radius 2 is 2.12 bits per heavy atom. The quantitative estimate of drug-likeness (QED) is 0.867. The van der Waals surface area contributed by atoms with Gasteiger partial charge in [-0.15, -0.1) is 0 Å². The molecule has 1 aliphatic rings. The number of benzene rings is 1. The molecule has 0 spiro atoms.